The van der Waals surface area contributed by atoms with Crippen molar-refractivity contribution in [3.8, 4) is 21.9 Å². The van der Waals surface area contributed by atoms with Crippen molar-refractivity contribution >= 4 is 34.2 Å². The smallest absolute Gasteiger partial charge is 0.407 e. The molecule has 0 fully saturated rings. The maximum atomic E-state index is 11.8. The number of rotatable bonds is 9. The van der Waals surface area contributed by atoms with Crippen LogP contribution in [0, 0.1) is 6.92 Å². The Kier molecular flexibility index (Phi) is 8.30. The second kappa shape index (κ2) is 11.5. The molecule has 2 aromatic carbocycles. The highest BCUT2D eigenvalue weighted by Gasteiger charge is 2.26. The number of methoxy groups -OCH3 is 2. The van der Waals surface area contributed by atoms with E-state index in [9.17, 15) is 9.90 Å². The molecule has 0 spiro atoms. The largest absolute Gasteiger partial charge is 0.493 e. The SMILES string of the molecule is COc1cc2nc(C)nc(NC(C)c3ccc(-c4ccccc4CCN(C(=O)O)C(C)(C)C)s3)c2cc1OC. The van der Waals surface area contributed by atoms with Crippen LogP contribution in [0.25, 0.3) is 21.3 Å². The van der Waals surface area contributed by atoms with Crippen LogP contribution in [0.1, 0.15) is 50.0 Å². The fourth-order valence-electron chi connectivity index (χ4n) is 4.62. The van der Waals surface area contributed by atoms with E-state index >= 15 is 0 Å². The van der Waals surface area contributed by atoms with Crippen LogP contribution in [0.5, 0.6) is 11.5 Å². The number of carbonyl (C=O) groups is 1. The van der Waals surface area contributed by atoms with E-state index in [2.05, 4.69) is 46.5 Å². The Hall–Kier alpha value is -3.85. The van der Waals surface area contributed by atoms with Gasteiger partial charge in [0.2, 0.25) is 0 Å². The van der Waals surface area contributed by atoms with Crippen molar-refractivity contribution in [2.45, 2.75) is 52.6 Å². The number of nitrogens with zero attached hydrogens (tertiary/aromatic N) is 3. The van der Waals surface area contributed by atoms with Gasteiger partial charge in [-0.05, 0) is 70.4 Å². The van der Waals surface area contributed by atoms with Gasteiger partial charge in [-0.3, -0.25) is 0 Å². The number of aryl methyl sites for hydroxylation is 1. The van der Waals surface area contributed by atoms with Crippen molar-refractivity contribution in [3.63, 3.8) is 0 Å². The lowest BCUT2D eigenvalue weighted by Crippen LogP contribution is -2.45. The lowest BCUT2D eigenvalue weighted by Gasteiger charge is -2.33. The predicted molar refractivity (Wildman–Crippen MR) is 157 cm³/mol. The minimum atomic E-state index is -0.901. The molecule has 1 amide bonds. The molecule has 9 heteroatoms. The summed E-state index contributed by atoms with van der Waals surface area (Å²) in [5, 5.41) is 14.1. The third-order valence-electron chi connectivity index (χ3n) is 6.65. The molecule has 0 aliphatic rings. The van der Waals surface area contributed by atoms with E-state index in [0.717, 1.165) is 37.6 Å². The molecule has 2 N–H and O–H groups in total. The van der Waals surface area contributed by atoms with E-state index in [4.69, 9.17) is 9.47 Å². The molecular formula is C30H36N4O4S. The van der Waals surface area contributed by atoms with E-state index < -0.39 is 11.6 Å². The zero-order valence-corrected chi connectivity index (χ0v) is 24.3. The maximum Gasteiger partial charge on any atom is 0.407 e. The fourth-order valence-corrected chi connectivity index (χ4v) is 5.69. The van der Waals surface area contributed by atoms with Crippen LogP contribution in [0.15, 0.2) is 48.5 Å². The summed E-state index contributed by atoms with van der Waals surface area (Å²) < 4.78 is 11.0. The lowest BCUT2D eigenvalue weighted by atomic mass is 10.0. The zero-order chi connectivity index (χ0) is 28.3. The van der Waals surface area contributed by atoms with Gasteiger partial charge in [0.05, 0.1) is 25.8 Å². The number of hydrogen-bond donors (Lipinski definition) is 2. The Balaban J connectivity index is 1.59. The quantitative estimate of drug-likeness (QED) is 0.229. The molecule has 2 aromatic heterocycles. The number of carboxylic acid groups (broad SMARTS) is 1. The van der Waals surface area contributed by atoms with Gasteiger partial charge in [-0.15, -0.1) is 11.3 Å². The van der Waals surface area contributed by atoms with E-state index in [1.807, 2.05) is 52.0 Å². The molecule has 0 radical (unpaired) electrons. The van der Waals surface area contributed by atoms with Crippen molar-refractivity contribution in [1.29, 1.82) is 0 Å². The number of hydrogen-bond acceptors (Lipinski definition) is 7. The zero-order valence-electron chi connectivity index (χ0n) is 23.5. The maximum absolute atomic E-state index is 11.8. The second-order valence-corrected chi connectivity index (χ2v) is 11.5. The highest BCUT2D eigenvalue weighted by molar-refractivity contribution is 7.15. The number of anilines is 1. The summed E-state index contributed by atoms with van der Waals surface area (Å²) in [4.78, 5) is 24.9. The first-order chi connectivity index (χ1) is 18.5. The molecule has 0 aliphatic carbocycles. The molecule has 1 unspecified atom stereocenters. The topological polar surface area (TPSA) is 96.8 Å². The van der Waals surface area contributed by atoms with Crippen LogP contribution in [0.4, 0.5) is 10.6 Å². The van der Waals surface area contributed by atoms with Crippen LogP contribution in [-0.4, -0.2) is 52.4 Å². The van der Waals surface area contributed by atoms with E-state index in [0.29, 0.717) is 30.3 Å². The Morgan fingerprint density at radius 2 is 1.77 bits per heavy atom. The van der Waals surface area contributed by atoms with Crippen LogP contribution < -0.4 is 14.8 Å². The third kappa shape index (κ3) is 6.25. The lowest BCUT2D eigenvalue weighted by molar-refractivity contribution is 0.101. The normalized spacial score (nSPS) is 12.3. The summed E-state index contributed by atoms with van der Waals surface area (Å²) in [7, 11) is 3.22. The van der Waals surface area contributed by atoms with Gasteiger partial charge in [-0.25, -0.2) is 14.8 Å². The van der Waals surface area contributed by atoms with Gasteiger partial charge in [0.1, 0.15) is 11.6 Å². The summed E-state index contributed by atoms with van der Waals surface area (Å²) >= 11 is 1.72. The van der Waals surface area contributed by atoms with Gasteiger partial charge in [-0.1, -0.05) is 24.3 Å². The Bertz CT molecular complexity index is 1480. The summed E-state index contributed by atoms with van der Waals surface area (Å²) in [6, 6.07) is 16.2. The summed E-state index contributed by atoms with van der Waals surface area (Å²) in [6.45, 7) is 10.2. The monoisotopic (exact) mass is 548 g/mol. The van der Waals surface area contributed by atoms with Crippen LogP contribution in [0.3, 0.4) is 0 Å². The molecule has 2 heterocycles. The Morgan fingerprint density at radius 3 is 2.44 bits per heavy atom. The van der Waals surface area contributed by atoms with Crippen LogP contribution in [-0.2, 0) is 6.42 Å². The number of amides is 1. The first kappa shape index (κ1) is 28.2. The van der Waals surface area contributed by atoms with Gasteiger partial charge in [0.15, 0.2) is 11.5 Å². The summed E-state index contributed by atoms with van der Waals surface area (Å²) in [5.74, 6) is 2.64. The fraction of sp³-hybridized carbons (Fsp3) is 0.367. The molecule has 1 atom stereocenters. The number of nitrogens with one attached hydrogen (secondary N) is 1. The molecule has 0 aliphatic heterocycles. The highest BCUT2D eigenvalue weighted by Crippen LogP contribution is 2.37. The molecule has 0 saturated heterocycles. The van der Waals surface area contributed by atoms with Crippen molar-refractivity contribution in [2.75, 3.05) is 26.1 Å². The van der Waals surface area contributed by atoms with E-state index in [1.54, 1.807) is 25.6 Å². The number of fused-ring (bicyclic) bond motifs is 1. The minimum absolute atomic E-state index is 0.00935. The highest BCUT2D eigenvalue weighted by atomic mass is 32.1. The van der Waals surface area contributed by atoms with Gasteiger partial charge in [0.25, 0.3) is 0 Å². The van der Waals surface area contributed by atoms with Crippen molar-refractivity contribution < 1.29 is 19.4 Å². The van der Waals surface area contributed by atoms with Crippen molar-refractivity contribution in [3.05, 3.63) is 64.8 Å². The van der Waals surface area contributed by atoms with Crippen molar-refractivity contribution in [1.82, 2.24) is 14.9 Å². The number of aromatic nitrogens is 2. The van der Waals surface area contributed by atoms with Gasteiger partial charge in [-0.2, -0.15) is 0 Å². The molecule has 39 heavy (non-hydrogen) atoms. The number of benzene rings is 2. The molecular weight excluding hydrogens is 512 g/mol. The number of ether oxygens (including phenoxy) is 2. The molecule has 0 bridgehead atoms. The Morgan fingerprint density at radius 1 is 1.08 bits per heavy atom. The third-order valence-corrected chi connectivity index (χ3v) is 7.95. The number of thiophene rings is 1. The van der Waals surface area contributed by atoms with Crippen molar-refractivity contribution in [2.24, 2.45) is 0 Å². The molecule has 8 nitrogen and oxygen atoms in total. The standard InChI is InChI=1S/C30H36N4O4S/c1-18(31-28-22-16-24(37-6)25(38-7)17-23(22)32-19(2)33-28)26-12-13-27(39-26)21-11-9-8-10-20(21)14-15-34(29(35)36)30(3,4)5/h8-13,16-18H,14-15H2,1-7H3,(H,35,36)(H,31,32,33). The van der Waals surface area contributed by atoms with E-state index in [1.165, 1.54) is 4.90 Å². The molecule has 0 saturated carbocycles. The first-order valence-electron chi connectivity index (χ1n) is 12.9. The van der Waals surface area contributed by atoms with Gasteiger partial charge in [0, 0.05) is 33.3 Å². The Labute approximate surface area is 233 Å². The molecule has 206 valence electrons. The van der Waals surface area contributed by atoms with Crippen LogP contribution in [0.2, 0.25) is 0 Å². The first-order valence-corrected chi connectivity index (χ1v) is 13.7. The summed E-state index contributed by atoms with van der Waals surface area (Å²) in [6.07, 6.45) is -0.264. The average Bonchev–Trinajstić information content (AvgIpc) is 3.37. The molecule has 4 aromatic rings. The van der Waals surface area contributed by atoms with Gasteiger partial charge < -0.3 is 24.8 Å². The predicted octanol–water partition coefficient (Wildman–Crippen LogP) is 7.18. The van der Waals surface area contributed by atoms with E-state index in [-0.39, 0.29) is 6.04 Å². The average molecular weight is 549 g/mol. The summed E-state index contributed by atoms with van der Waals surface area (Å²) in [5.41, 5.74) is 2.57. The molecule has 4 rings (SSSR count). The minimum Gasteiger partial charge on any atom is -0.493 e. The van der Waals surface area contributed by atoms with Gasteiger partial charge >= 0.3 is 6.09 Å². The van der Waals surface area contributed by atoms with Crippen LogP contribution >= 0.6 is 11.3 Å². The second-order valence-electron chi connectivity index (χ2n) is 10.4.